The zero-order valence-corrected chi connectivity index (χ0v) is 18.0. The molecule has 0 radical (unpaired) electrons. The number of carbonyl (C=O) groups excluding carboxylic acids is 1. The number of nitrogens with zero attached hydrogens (tertiary/aromatic N) is 1. The van der Waals surface area contributed by atoms with Crippen molar-refractivity contribution < 1.29 is 17.9 Å². The van der Waals surface area contributed by atoms with Gasteiger partial charge in [-0.2, -0.15) is 0 Å². The predicted octanol–water partition coefficient (Wildman–Crippen LogP) is 2.96. The number of likely N-dealkylation sites (tertiary alicyclic amines) is 1. The first-order valence-corrected chi connectivity index (χ1v) is 11.3. The fraction of sp³-hybridized carbons (Fsp3) is 0.409. The molecule has 1 saturated heterocycles. The van der Waals surface area contributed by atoms with Crippen molar-refractivity contribution in [2.24, 2.45) is 0 Å². The minimum absolute atomic E-state index is 0.00839. The zero-order chi connectivity index (χ0) is 21.0. The molecule has 2 aromatic rings. The number of nitrogens with one attached hydrogen (secondary N) is 1. The van der Waals surface area contributed by atoms with E-state index in [0.717, 1.165) is 22.4 Å². The Morgan fingerprint density at radius 1 is 1.03 bits per heavy atom. The van der Waals surface area contributed by atoms with Crippen molar-refractivity contribution in [3.05, 3.63) is 59.2 Å². The lowest BCUT2D eigenvalue weighted by Gasteiger charge is -2.32. The van der Waals surface area contributed by atoms with Crippen LogP contribution in [0, 0.1) is 20.8 Å². The lowest BCUT2D eigenvalue weighted by atomic mass is 10.1. The lowest BCUT2D eigenvalue weighted by molar-refractivity contribution is -0.134. The molecule has 3 rings (SSSR count). The quantitative estimate of drug-likeness (QED) is 0.786. The fourth-order valence-corrected chi connectivity index (χ4v) is 4.83. The molecule has 1 N–H and O–H groups in total. The highest BCUT2D eigenvalue weighted by molar-refractivity contribution is 7.89. The molecule has 2 aromatic carbocycles. The number of sulfonamides is 1. The van der Waals surface area contributed by atoms with Gasteiger partial charge in [-0.05, 0) is 62.4 Å². The molecule has 1 aliphatic heterocycles. The van der Waals surface area contributed by atoms with E-state index < -0.39 is 10.0 Å². The van der Waals surface area contributed by atoms with Crippen molar-refractivity contribution in [2.45, 2.75) is 44.6 Å². The predicted molar refractivity (Wildman–Crippen MR) is 113 cm³/mol. The highest BCUT2D eigenvalue weighted by atomic mass is 32.2. The number of benzene rings is 2. The van der Waals surface area contributed by atoms with Crippen LogP contribution in [0.25, 0.3) is 0 Å². The van der Waals surface area contributed by atoms with Crippen molar-refractivity contribution in [2.75, 3.05) is 19.7 Å². The first-order chi connectivity index (χ1) is 13.8. The summed E-state index contributed by atoms with van der Waals surface area (Å²) in [7, 11) is -3.54. The van der Waals surface area contributed by atoms with E-state index in [1.807, 2.05) is 32.9 Å². The molecular formula is C22H28N2O4S. The number of ether oxygens (including phenoxy) is 1. The molecule has 7 heteroatoms. The van der Waals surface area contributed by atoms with Gasteiger partial charge in [0.2, 0.25) is 10.0 Å². The maximum absolute atomic E-state index is 12.6. The van der Waals surface area contributed by atoms with Crippen LogP contribution in [-0.4, -0.2) is 45.0 Å². The lowest BCUT2D eigenvalue weighted by Crippen LogP contribution is -2.47. The number of hydrogen-bond donors (Lipinski definition) is 1. The minimum atomic E-state index is -3.54. The van der Waals surface area contributed by atoms with Gasteiger partial charge in [-0.15, -0.1) is 0 Å². The van der Waals surface area contributed by atoms with Gasteiger partial charge in [0.15, 0.2) is 6.61 Å². The highest BCUT2D eigenvalue weighted by Crippen LogP contribution is 2.26. The summed E-state index contributed by atoms with van der Waals surface area (Å²) in [5, 5.41) is 0. The summed E-state index contributed by atoms with van der Waals surface area (Å²) in [6.07, 6.45) is 1.17. The van der Waals surface area contributed by atoms with Gasteiger partial charge in [-0.3, -0.25) is 4.79 Å². The molecule has 6 nitrogen and oxygen atoms in total. The Bertz CT molecular complexity index is 966. The van der Waals surface area contributed by atoms with Crippen LogP contribution >= 0.6 is 0 Å². The molecule has 0 unspecified atom stereocenters. The average Bonchev–Trinajstić information content (AvgIpc) is 2.71. The van der Waals surface area contributed by atoms with E-state index in [9.17, 15) is 13.2 Å². The van der Waals surface area contributed by atoms with Gasteiger partial charge in [0.1, 0.15) is 5.75 Å². The Labute approximate surface area is 172 Å². The summed E-state index contributed by atoms with van der Waals surface area (Å²) in [6.45, 7) is 6.99. The number of carbonyl (C=O) groups is 1. The number of hydrogen-bond acceptors (Lipinski definition) is 4. The van der Waals surface area contributed by atoms with Crippen LogP contribution in [0.4, 0.5) is 0 Å². The van der Waals surface area contributed by atoms with Crippen LogP contribution in [0.15, 0.2) is 47.4 Å². The maximum Gasteiger partial charge on any atom is 0.260 e. The van der Waals surface area contributed by atoms with E-state index in [2.05, 4.69) is 4.72 Å². The Kier molecular flexibility index (Phi) is 6.59. The smallest absolute Gasteiger partial charge is 0.260 e. The summed E-state index contributed by atoms with van der Waals surface area (Å²) in [5.41, 5.74) is 3.19. The van der Waals surface area contributed by atoms with Gasteiger partial charge >= 0.3 is 0 Å². The summed E-state index contributed by atoms with van der Waals surface area (Å²) in [5.74, 6) is 0.693. The third-order valence-corrected chi connectivity index (χ3v) is 6.97. The fourth-order valence-electron chi connectivity index (χ4n) is 3.51. The van der Waals surface area contributed by atoms with E-state index in [4.69, 9.17) is 4.74 Å². The molecular weight excluding hydrogens is 388 g/mol. The SMILES string of the molecule is Cc1ccc(C)c(OCC(=O)N2CCC(NS(=O)(=O)c3ccccc3)CC2)c1C. The van der Waals surface area contributed by atoms with E-state index in [0.29, 0.717) is 25.9 Å². The van der Waals surface area contributed by atoms with Crippen LogP contribution in [0.3, 0.4) is 0 Å². The van der Waals surface area contributed by atoms with Gasteiger partial charge in [0.05, 0.1) is 4.90 Å². The molecule has 1 amide bonds. The second-order valence-electron chi connectivity index (χ2n) is 7.53. The zero-order valence-electron chi connectivity index (χ0n) is 17.1. The summed E-state index contributed by atoms with van der Waals surface area (Å²) in [4.78, 5) is 14.6. The van der Waals surface area contributed by atoms with Crippen LogP contribution in [0.1, 0.15) is 29.5 Å². The third-order valence-electron chi connectivity index (χ3n) is 5.44. The largest absolute Gasteiger partial charge is 0.483 e. The molecule has 1 aliphatic rings. The number of aryl methyl sites for hydroxylation is 2. The van der Waals surface area contributed by atoms with Crippen molar-refractivity contribution in [3.63, 3.8) is 0 Å². The highest BCUT2D eigenvalue weighted by Gasteiger charge is 2.27. The maximum atomic E-state index is 12.6. The molecule has 156 valence electrons. The Morgan fingerprint density at radius 3 is 2.31 bits per heavy atom. The normalized spacial score (nSPS) is 15.3. The number of piperidine rings is 1. The van der Waals surface area contributed by atoms with Crippen LogP contribution in [0.5, 0.6) is 5.75 Å². The summed E-state index contributed by atoms with van der Waals surface area (Å²) >= 11 is 0. The van der Waals surface area contributed by atoms with Gasteiger partial charge < -0.3 is 9.64 Å². The molecule has 0 aliphatic carbocycles. The van der Waals surface area contributed by atoms with Crippen LogP contribution in [-0.2, 0) is 14.8 Å². The first-order valence-electron chi connectivity index (χ1n) is 9.82. The molecule has 0 spiro atoms. The van der Waals surface area contributed by atoms with Gasteiger partial charge in [0, 0.05) is 19.1 Å². The van der Waals surface area contributed by atoms with Gasteiger partial charge in [-0.25, -0.2) is 13.1 Å². The first kappa shape index (κ1) is 21.3. The molecule has 0 bridgehead atoms. The van der Waals surface area contributed by atoms with E-state index in [1.165, 1.54) is 0 Å². The molecule has 1 fully saturated rings. The summed E-state index contributed by atoms with van der Waals surface area (Å²) in [6, 6.07) is 12.2. The number of amides is 1. The second-order valence-corrected chi connectivity index (χ2v) is 9.25. The van der Waals surface area contributed by atoms with E-state index >= 15 is 0 Å². The minimum Gasteiger partial charge on any atom is -0.483 e. The Morgan fingerprint density at radius 2 is 1.66 bits per heavy atom. The molecule has 0 saturated carbocycles. The topological polar surface area (TPSA) is 75.7 Å². The van der Waals surface area contributed by atoms with Crippen molar-refractivity contribution in [1.82, 2.24) is 9.62 Å². The van der Waals surface area contributed by atoms with E-state index in [1.54, 1.807) is 35.2 Å². The molecule has 1 heterocycles. The standard InChI is InChI=1S/C22H28N2O4S/c1-16-9-10-17(2)22(18(16)3)28-15-21(25)24-13-11-19(12-14-24)23-29(26,27)20-7-5-4-6-8-20/h4-10,19,23H,11-15H2,1-3H3. The van der Waals surface area contributed by atoms with Gasteiger partial charge in [0.25, 0.3) is 5.91 Å². The second kappa shape index (κ2) is 8.97. The summed E-state index contributed by atoms with van der Waals surface area (Å²) < 4.78 is 33.5. The molecule has 0 aromatic heterocycles. The van der Waals surface area contributed by atoms with Crippen molar-refractivity contribution >= 4 is 15.9 Å². The Balaban J connectivity index is 1.52. The van der Waals surface area contributed by atoms with Crippen molar-refractivity contribution in [1.29, 1.82) is 0 Å². The Hall–Kier alpha value is -2.38. The van der Waals surface area contributed by atoms with Gasteiger partial charge in [-0.1, -0.05) is 30.3 Å². The molecule has 29 heavy (non-hydrogen) atoms. The third kappa shape index (κ3) is 5.16. The average molecular weight is 417 g/mol. The number of rotatable bonds is 6. The van der Waals surface area contributed by atoms with Crippen LogP contribution < -0.4 is 9.46 Å². The monoisotopic (exact) mass is 416 g/mol. The van der Waals surface area contributed by atoms with Crippen LogP contribution in [0.2, 0.25) is 0 Å². The van der Waals surface area contributed by atoms with E-state index in [-0.39, 0.29) is 23.5 Å². The molecule has 0 atom stereocenters. The van der Waals surface area contributed by atoms with Crippen molar-refractivity contribution in [3.8, 4) is 5.75 Å².